The van der Waals surface area contributed by atoms with Crippen LogP contribution in [0.15, 0.2) is 53.1 Å². The normalized spacial score (nSPS) is 15.2. The molecule has 2 amide bonds. The molecule has 0 fully saturated rings. The van der Waals surface area contributed by atoms with E-state index < -0.39 is 5.91 Å². The third-order valence-electron chi connectivity index (χ3n) is 4.05. The molecule has 3 N–H and O–H groups in total. The Kier molecular flexibility index (Phi) is 4.94. The quantitative estimate of drug-likeness (QED) is 0.795. The molecule has 0 saturated carbocycles. The minimum Gasteiger partial charge on any atom is -0.504 e. The van der Waals surface area contributed by atoms with Crippen molar-refractivity contribution in [1.29, 1.82) is 0 Å². The first-order valence-electron chi connectivity index (χ1n) is 8.38. The fraction of sp³-hybridized carbons (Fsp3) is 0.150. The highest BCUT2D eigenvalue weighted by molar-refractivity contribution is 6.32. The molecule has 1 aliphatic heterocycles. The number of rotatable bonds is 5. The van der Waals surface area contributed by atoms with Gasteiger partial charge in [0.15, 0.2) is 11.5 Å². The second kappa shape index (κ2) is 7.33. The monoisotopic (exact) mass is 365 g/mol. The number of hydrogen-bond acceptors (Lipinski definition) is 5. The molecule has 2 aromatic carbocycles. The molecular formula is C20H19N3O4. The number of nitrogens with zero attached hydrogens (tertiary/aromatic N) is 2. The summed E-state index contributed by atoms with van der Waals surface area (Å²) in [5, 5.41) is 15.4. The molecule has 7 heteroatoms. The third-order valence-corrected chi connectivity index (χ3v) is 4.05. The number of carbonyl (C=O) groups is 2. The first kappa shape index (κ1) is 18.2. The van der Waals surface area contributed by atoms with Crippen LogP contribution >= 0.6 is 0 Å². The summed E-state index contributed by atoms with van der Waals surface area (Å²) in [5.74, 6) is -0.429. The number of hydrogen-bond donors (Lipinski definition) is 2. The number of primary amides is 1. The van der Waals surface area contributed by atoms with Crippen molar-refractivity contribution in [3.63, 3.8) is 0 Å². The Morgan fingerprint density at radius 2 is 1.96 bits per heavy atom. The van der Waals surface area contributed by atoms with Crippen LogP contribution in [0.3, 0.4) is 0 Å². The molecule has 2 aromatic rings. The van der Waals surface area contributed by atoms with Gasteiger partial charge in [-0.25, -0.2) is 0 Å². The van der Waals surface area contributed by atoms with Gasteiger partial charge in [-0.05, 0) is 61.9 Å². The van der Waals surface area contributed by atoms with Crippen LogP contribution in [0.1, 0.15) is 29.8 Å². The molecule has 0 saturated heterocycles. The van der Waals surface area contributed by atoms with Crippen LogP contribution in [0, 0.1) is 0 Å². The summed E-state index contributed by atoms with van der Waals surface area (Å²) in [6, 6.07) is 11.2. The van der Waals surface area contributed by atoms with E-state index in [1.165, 1.54) is 11.1 Å². The first-order valence-corrected chi connectivity index (χ1v) is 8.38. The highest BCUT2D eigenvalue weighted by atomic mass is 16.5. The number of benzene rings is 2. The Hall–Kier alpha value is -3.61. The van der Waals surface area contributed by atoms with Crippen molar-refractivity contribution in [1.82, 2.24) is 0 Å². The summed E-state index contributed by atoms with van der Waals surface area (Å²) in [6.07, 6.45) is 1.70. The fourth-order valence-electron chi connectivity index (χ4n) is 2.68. The number of phenols is 1. The number of hydrazone groups is 1. The van der Waals surface area contributed by atoms with Gasteiger partial charge in [0.2, 0.25) is 5.91 Å². The lowest BCUT2D eigenvalue weighted by Crippen LogP contribution is -2.21. The van der Waals surface area contributed by atoms with Crippen molar-refractivity contribution in [3.8, 4) is 11.5 Å². The van der Waals surface area contributed by atoms with Crippen molar-refractivity contribution >= 4 is 29.3 Å². The van der Waals surface area contributed by atoms with Crippen LogP contribution in [0.5, 0.6) is 11.5 Å². The molecule has 7 nitrogen and oxygen atoms in total. The van der Waals surface area contributed by atoms with Crippen molar-refractivity contribution in [2.45, 2.75) is 13.8 Å². The predicted molar refractivity (Wildman–Crippen MR) is 103 cm³/mol. The van der Waals surface area contributed by atoms with E-state index in [-0.39, 0.29) is 11.7 Å². The van der Waals surface area contributed by atoms with E-state index in [2.05, 4.69) is 5.10 Å². The molecule has 0 aliphatic carbocycles. The molecular weight excluding hydrogens is 346 g/mol. The van der Waals surface area contributed by atoms with E-state index in [1.54, 1.807) is 49.4 Å². The van der Waals surface area contributed by atoms with Gasteiger partial charge in [0, 0.05) is 5.56 Å². The van der Waals surface area contributed by atoms with Crippen molar-refractivity contribution in [2.24, 2.45) is 10.8 Å². The van der Waals surface area contributed by atoms with Gasteiger partial charge in [0.1, 0.15) is 0 Å². The second-order valence-corrected chi connectivity index (χ2v) is 5.93. The number of carbonyl (C=O) groups excluding carboxylic acids is 2. The van der Waals surface area contributed by atoms with Crippen LogP contribution in [-0.4, -0.2) is 29.2 Å². The van der Waals surface area contributed by atoms with Gasteiger partial charge < -0.3 is 15.6 Å². The van der Waals surface area contributed by atoms with Crippen LogP contribution in [0.4, 0.5) is 5.69 Å². The smallest absolute Gasteiger partial charge is 0.280 e. The van der Waals surface area contributed by atoms with E-state index >= 15 is 0 Å². The summed E-state index contributed by atoms with van der Waals surface area (Å²) in [5.41, 5.74) is 7.83. The van der Waals surface area contributed by atoms with E-state index in [0.717, 1.165) is 0 Å². The molecule has 0 atom stereocenters. The van der Waals surface area contributed by atoms with Gasteiger partial charge in [-0.15, -0.1) is 0 Å². The Balaban J connectivity index is 1.90. The minimum atomic E-state index is -0.535. The number of nitrogens with two attached hydrogens (primary N) is 1. The lowest BCUT2D eigenvalue weighted by Gasteiger charge is -2.12. The van der Waals surface area contributed by atoms with Gasteiger partial charge in [-0.2, -0.15) is 10.1 Å². The van der Waals surface area contributed by atoms with Crippen LogP contribution in [0.2, 0.25) is 0 Å². The van der Waals surface area contributed by atoms with E-state index in [0.29, 0.717) is 40.5 Å². The van der Waals surface area contributed by atoms with E-state index in [9.17, 15) is 14.7 Å². The summed E-state index contributed by atoms with van der Waals surface area (Å²) in [7, 11) is 0. The Labute approximate surface area is 156 Å². The molecule has 0 aromatic heterocycles. The Morgan fingerprint density at radius 3 is 2.59 bits per heavy atom. The summed E-state index contributed by atoms with van der Waals surface area (Å²) in [4.78, 5) is 24.0. The zero-order valence-corrected chi connectivity index (χ0v) is 15.0. The maximum absolute atomic E-state index is 12.8. The molecule has 3 rings (SSSR count). The fourth-order valence-corrected chi connectivity index (χ4v) is 2.68. The molecule has 138 valence electrons. The second-order valence-electron chi connectivity index (χ2n) is 5.93. The number of amides is 2. The zero-order chi connectivity index (χ0) is 19.6. The van der Waals surface area contributed by atoms with Gasteiger partial charge in [0.05, 0.1) is 23.6 Å². The maximum Gasteiger partial charge on any atom is 0.280 e. The lowest BCUT2D eigenvalue weighted by molar-refractivity contribution is -0.114. The maximum atomic E-state index is 12.8. The van der Waals surface area contributed by atoms with Crippen LogP contribution < -0.4 is 15.5 Å². The van der Waals surface area contributed by atoms with E-state index in [1.807, 2.05) is 6.92 Å². The zero-order valence-electron chi connectivity index (χ0n) is 15.0. The molecule has 0 bridgehead atoms. The summed E-state index contributed by atoms with van der Waals surface area (Å²) < 4.78 is 5.37. The van der Waals surface area contributed by atoms with Crippen LogP contribution in [-0.2, 0) is 4.79 Å². The van der Waals surface area contributed by atoms with Crippen LogP contribution in [0.25, 0.3) is 6.08 Å². The van der Waals surface area contributed by atoms with Crippen molar-refractivity contribution in [2.75, 3.05) is 11.6 Å². The Bertz CT molecular complexity index is 962. The van der Waals surface area contributed by atoms with E-state index in [4.69, 9.17) is 10.5 Å². The summed E-state index contributed by atoms with van der Waals surface area (Å²) in [6.45, 7) is 3.98. The highest BCUT2D eigenvalue weighted by Crippen LogP contribution is 2.30. The average Bonchev–Trinajstić information content (AvgIpc) is 2.93. The third kappa shape index (κ3) is 3.67. The lowest BCUT2D eigenvalue weighted by atomic mass is 10.1. The Morgan fingerprint density at radius 1 is 1.26 bits per heavy atom. The minimum absolute atomic E-state index is 0.0401. The van der Waals surface area contributed by atoms with Crippen molar-refractivity contribution < 1.29 is 19.4 Å². The predicted octanol–water partition coefficient (Wildman–Crippen LogP) is 2.70. The molecule has 0 unspecified atom stereocenters. The van der Waals surface area contributed by atoms with Gasteiger partial charge in [0.25, 0.3) is 5.91 Å². The molecule has 1 heterocycles. The standard InChI is InChI=1S/C20H19N3O4/c1-3-27-18-11-13(4-9-17(18)24)10-16-12(2)22-23(20(16)26)15-7-5-14(6-8-15)19(21)25/h4-11,24H,3H2,1-2H3,(H2,21,25)/b16-10+. The largest absolute Gasteiger partial charge is 0.504 e. The average molecular weight is 365 g/mol. The molecule has 0 radical (unpaired) electrons. The number of aromatic hydroxyl groups is 1. The van der Waals surface area contributed by atoms with Gasteiger partial charge in [-0.1, -0.05) is 6.07 Å². The van der Waals surface area contributed by atoms with Crippen molar-refractivity contribution in [3.05, 3.63) is 59.2 Å². The SMILES string of the molecule is CCOc1cc(/C=C2/C(=O)N(c3ccc(C(N)=O)cc3)N=C2C)ccc1O. The molecule has 1 aliphatic rings. The first-order chi connectivity index (χ1) is 12.9. The highest BCUT2D eigenvalue weighted by Gasteiger charge is 2.28. The molecule has 0 spiro atoms. The molecule has 27 heavy (non-hydrogen) atoms. The summed E-state index contributed by atoms with van der Waals surface area (Å²) >= 11 is 0. The number of phenolic OH excluding ortho intramolecular Hbond substituents is 1. The van der Waals surface area contributed by atoms with Gasteiger partial charge >= 0.3 is 0 Å². The van der Waals surface area contributed by atoms with Gasteiger partial charge in [-0.3, -0.25) is 9.59 Å². The topological polar surface area (TPSA) is 105 Å². The number of anilines is 1. The number of ether oxygens (including phenoxy) is 1.